The van der Waals surface area contributed by atoms with Gasteiger partial charge in [-0.15, -0.1) is 11.3 Å². The number of alkyl halides is 2. The van der Waals surface area contributed by atoms with E-state index in [1.807, 2.05) is 0 Å². The second-order valence-corrected chi connectivity index (χ2v) is 11.9. The fourth-order valence-electron chi connectivity index (χ4n) is 3.53. The number of anilines is 1. The van der Waals surface area contributed by atoms with Crippen molar-refractivity contribution in [1.82, 2.24) is 15.0 Å². The molecule has 0 aliphatic carbocycles. The zero-order valence-corrected chi connectivity index (χ0v) is 23.8. The smallest absolute Gasteiger partial charge is 0.425 e. The number of fused-ring (bicyclic) bond motifs is 1. The lowest BCUT2D eigenvalue weighted by Gasteiger charge is -2.28. The minimum Gasteiger partial charge on any atom is -0.452 e. The summed E-state index contributed by atoms with van der Waals surface area (Å²) in [6.07, 6.45) is -5.44. The van der Waals surface area contributed by atoms with Gasteiger partial charge in [0, 0.05) is 11.1 Å². The fourth-order valence-corrected chi connectivity index (χ4v) is 4.54. The highest BCUT2D eigenvalue weighted by atomic mass is 32.1. The Labute approximate surface area is 236 Å². The van der Waals surface area contributed by atoms with Crippen molar-refractivity contribution < 1.29 is 41.8 Å². The quantitative estimate of drug-likeness (QED) is 0.256. The highest BCUT2D eigenvalue weighted by Gasteiger charge is 2.36. The predicted molar refractivity (Wildman–Crippen MR) is 143 cm³/mol. The van der Waals surface area contributed by atoms with Crippen LogP contribution in [-0.2, 0) is 9.47 Å². The first-order valence-corrected chi connectivity index (χ1v) is 13.1. The molecule has 218 valence electrons. The van der Waals surface area contributed by atoms with Gasteiger partial charge in [-0.1, -0.05) is 0 Å². The number of pyridine rings is 1. The Morgan fingerprint density at radius 3 is 2.20 bits per heavy atom. The lowest BCUT2D eigenvalue weighted by Crippen LogP contribution is -2.44. The molecule has 0 saturated heterocycles. The van der Waals surface area contributed by atoms with Crippen molar-refractivity contribution in [2.45, 2.75) is 65.3 Å². The second kappa shape index (κ2) is 11.1. The molecule has 0 radical (unpaired) electrons. The van der Waals surface area contributed by atoms with Gasteiger partial charge in [-0.3, -0.25) is 4.98 Å². The molecule has 0 aliphatic heterocycles. The number of aromatic nitrogens is 3. The van der Waals surface area contributed by atoms with E-state index in [0.29, 0.717) is 4.90 Å². The van der Waals surface area contributed by atoms with Crippen LogP contribution in [0.5, 0.6) is 0 Å². The predicted octanol–water partition coefficient (Wildman–Crippen LogP) is 7.18. The summed E-state index contributed by atoms with van der Waals surface area (Å²) in [4.78, 5) is 40.2. The molecule has 4 heterocycles. The van der Waals surface area contributed by atoms with Crippen molar-refractivity contribution in [3.63, 3.8) is 0 Å². The van der Waals surface area contributed by atoms with E-state index in [-0.39, 0.29) is 38.2 Å². The molecule has 0 saturated carbocycles. The van der Waals surface area contributed by atoms with Crippen LogP contribution in [0.3, 0.4) is 0 Å². The van der Waals surface area contributed by atoms with E-state index in [2.05, 4.69) is 15.0 Å². The number of halogens is 3. The van der Waals surface area contributed by atoms with Gasteiger partial charge >= 0.3 is 12.2 Å². The van der Waals surface area contributed by atoms with Crippen molar-refractivity contribution in [3.8, 4) is 11.6 Å². The lowest BCUT2D eigenvalue weighted by atomic mass is 10.1. The maximum Gasteiger partial charge on any atom is 0.425 e. The van der Waals surface area contributed by atoms with Gasteiger partial charge in [0.05, 0.1) is 5.39 Å². The van der Waals surface area contributed by atoms with Gasteiger partial charge in [-0.05, 0) is 71.9 Å². The molecule has 1 atom stereocenters. The minimum absolute atomic E-state index is 0.0847. The van der Waals surface area contributed by atoms with Gasteiger partial charge in [0.2, 0.25) is 0 Å². The largest absolute Gasteiger partial charge is 0.452 e. The normalized spacial score (nSPS) is 13.0. The maximum atomic E-state index is 14.4. The van der Waals surface area contributed by atoms with Crippen molar-refractivity contribution in [1.29, 1.82) is 0 Å². The third kappa shape index (κ3) is 6.82. The van der Waals surface area contributed by atoms with Gasteiger partial charge in [0.1, 0.15) is 33.6 Å². The van der Waals surface area contributed by atoms with Crippen LogP contribution in [-0.4, -0.2) is 43.4 Å². The number of furan rings is 1. The van der Waals surface area contributed by atoms with Crippen LogP contribution < -0.4 is 4.90 Å². The van der Waals surface area contributed by atoms with Crippen LogP contribution in [0.15, 0.2) is 40.9 Å². The number of nitrogens with zero attached hydrogens (tertiary/aromatic N) is 4. The number of imide groups is 1. The molecular formula is C27H27F3N4O6S. The first kappa shape index (κ1) is 29.9. The Hall–Kier alpha value is -4.04. The van der Waals surface area contributed by atoms with E-state index in [4.69, 9.17) is 13.9 Å². The Morgan fingerprint density at radius 2 is 1.66 bits per heavy atom. The van der Waals surface area contributed by atoms with Gasteiger partial charge < -0.3 is 19.0 Å². The molecule has 4 aromatic rings. The van der Waals surface area contributed by atoms with Gasteiger partial charge in [-0.2, -0.15) is 4.90 Å². The number of hydrogen-bond acceptors (Lipinski definition) is 10. The van der Waals surface area contributed by atoms with E-state index < -0.39 is 47.5 Å². The summed E-state index contributed by atoms with van der Waals surface area (Å²) in [5, 5.41) is 11.0. The molecule has 0 aromatic carbocycles. The third-order valence-corrected chi connectivity index (χ3v) is 6.21. The molecule has 0 bridgehead atoms. The fraction of sp³-hybridized carbons (Fsp3) is 0.370. The topological polar surface area (TPSA) is 128 Å². The van der Waals surface area contributed by atoms with E-state index in [9.17, 15) is 27.9 Å². The van der Waals surface area contributed by atoms with Crippen molar-refractivity contribution >= 4 is 39.6 Å². The highest BCUT2D eigenvalue weighted by Crippen LogP contribution is 2.39. The summed E-state index contributed by atoms with van der Waals surface area (Å²) < 4.78 is 57.0. The summed E-state index contributed by atoms with van der Waals surface area (Å²) in [5.74, 6) is -2.16. The molecular weight excluding hydrogens is 565 g/mol. The lowest BCUT2D eigenvalue weighted by molar-refractivity contribution is 0.0429. The zero-order chi connectivity index (χ0) is 30.3. The molecule has 2 amide bonds. The van der Waals surface area contributed by atoms with Gasteiger partial charge in [-0.25, -0.2) is 32.7 Å². The SMILES string of the molecule is CC(C)(C)OC(=O)N(C(=O)OC(C)(C)C)c1nc(-c2ccc(C(F)F)o2)nc2sc(C(O)c3ncccc3F)cc12. The van der Waals surface area contributed by atoms with Crippen LogP contribution in [0.4, 0.5) is 28.6 Å². The molecule has 14 heteroatoms. The molecule has 0 fully saturated rings. The molecule has 1 N–H and O–H groups in total. The van der Waals surface area contributed by atoms with Crippen LogP contribution >= 0.6 is 11.3 Å². The molecule has 4 rings (SSSR count). The number of carbonyl (C=O) groups excluding carboxylic acids is 2. The molecule has 4 aromatic heterocycles. The summed E-state index contributed by atoms with van der Waals surface area (Å²) >= 11 is 0.884. The monoisotopic (exact) mass is 592 g/mol. The Morgan fingerprint density at radius 1 is 1.02 bits per heavy atom. The minimum atomic E-state index is -2.91. The number of amides is 2. The summed E-state index contributed by atoms with van der Waals surface area (Å²) in [5.41, 5.74) is -2.34. The van der Waals surface area contributed by atoms with Crippen LogP contribution in [0.1, 0.15) is 70.4 Å². The Kier molecular flexibility index (Phi) is 8.09. The van der Waals surface area contributed by atoms with E-state index in [1.54, 1.807) is 41.5 Å². The van der Waals surface area contributed by atoms with Crippen LogP contribution in [0.2, 0.25) is 0 Å². The molecule has 0 spiro atoms. The van der Waals surface area contributed by atoms with E-state index in [0.717, 1.165) is 23.5 Å². The van der Waals surface area contributed by atoms with E-state index >= 15 is 0 Å². The summed E-state index contributed by atoms with van der Waals surface area (Å²) in [6, 6.07) is 6.12. The number of ether oxygens (including phenoxy) is 2. The highest BCUT2D eigenvalue weighted by molar-refractivity contribution is 7.18. The maximum absolute atomic E-state index is 14.4. The summed E-state index contributed by atoms with van der Waals surface area (Å²) in [7, 11) is 0. The number of aliphatic hydroxyl groups is 1. The van der Waals surface area contributed by atoms with Crippen LogP contribution in [0.25, 0.3) is 21.8 Å². The Bertz CT molecular complexity index is 1560. The Balaban J connectivity index is 1.96. The van der Waals surface area contributed by atoms with Gasteiger partial charge in [0.15, 0.2) is 23.2 Å². The average Bonchev–Trinajstić information content (AvgIpc) is 3.49. The van der Waals surface area contributed by atoms with Crippen molar-refractivity contribution in [2.24, 2.45) is 0 Å². The van der Waals surface area contributed by atoms with Crippen LogP contribution in [0, 0.1) is 5.82 Å². The number of rotatable bonds is 5. The van der Waals surface area contributed by atoms with Gasteiger partial charge in [0.25, 0.3) is 6.43 Å². The number of carbonyl (C=O) groups is 2. The first-order chi connectivity index (χ1) is 19.0. The van der Waals surface area contributed by atoms with Crippen molar-refractivity contribution in [3.05, 3.63) is 58.7 Å². The number of thiophene rings is 1. The molecule has 0 aliphatic rings. The molecule has 1 unspecified atom stereocenters. The number of hydrogen-bond donors (Lipinski definition) is 1. The molecule has 10 nitrogen and oxygen atoms in total. The first-order valence-electron chi connectivity index (χ1n) is 12.3. The second-order valence-electron chi connectivity index (χ2n) is 10.8. The third-order valence-electron chi connectivity index (χ3n) is 5.13. The van der Waals surface area contributed by atoms with E-state index in [1.165, 1.54) is 24.4 Å². The molecule has 41 heavy (non-hydrogen) atoms. The number of aliphatic hydroxyl groups excluding tert-OH is 1. The summed E-state index contributed by atoms with van der Waals surface area (Å²) in [6.45, 7) is 9.55. The van der Waals surface area contributed by atoms with Crippen molar-refractivity contribution in [2.75, 3.05) is 4.90 Å². The average molecular weight is 593 g/mol. The standard InChI is InChI=1S/C27H27F3N4O6S/c1-26(2,3)39-24(36)34(25(37)40-27(4,5)6)22-13-12-17(19(35)18-14(28)8-7-11-31-18)41-23(13)33-21(32-22)16-10-9-15(38-16)20(29)30/h7-12,19-20,35H,1-6H3. The zero-order valence-electron chi connectivity index (χ0n) is 22.9.